The van der Waals surface area contributed by atoms with Crippen LogP contribution in [0.25, 0.3) is 0 Å². The highest BCUT2D eigenvalue weighted by Crippen LogP contribution is 2.37. The van der Waals surface area contributed by atoms with Gasteiger partial charge in [-0.3, -0.25) is 4.90 Å². The van der Waals surface area contributed by atoms with Crippen LogP contribution in [0.2, 0.25) is 0 Å². The fourth-order valence-electron chi connectivity index (χ4n) is 4.23. The second-order valence-corrected chi connectivity index (χ2v) is 7.53. The van der Waals surface area contributed by atoms with E-state index < -0.39 is 29.6 Å². The van der Waals surface area contributed by atoms with Gasteiger partial charge in [-0.25, -0.2) is 9.59 Å². The molecular weight excluding hydrogens is 326 g/mol. The van der Waals surface area contributed by atoms with Gasteiger partial charge in [-0.1, -0.05) is 13.0 Å². The minimum atomic E-state index is -1.90. The summed E-state index contributed by atoms with van der Waals surface area (Å²) in [7, 11) is 0. The van der Waals surface area contributed by atoms with Crippen LogP contribution in [0.15, 0.2) is 11.6 Å². The van der Waals surface area contributed by atoms with Gasteiger partial charge < -0.3 is 19.7 Å². The van der Waals surface area contributed by atoms with Crippen LogP contribution >= 0.6 is 0 Å². The van der Waals surface area contributed by atoms with Crippen molar-refractivity contribution in [3.63, 3.8) is 0 Å². The predicted octanol–water partition coefficient (Wildman–Crippen LogP) is 0.244. The van der Waals surface area contributed by atoms with E-state index in [1.807, 2.05) is 0 Å². The molecule has 0 radical (unpaired) electrons. The van der Waals surface area contributed by atoms with E-state index in [9.17, 15) is 19.8 Å². The Balaban J connectivity index is 1.94. The third-order valence-corrected chi connectivity index (χ3v) is 6.10. The molecule has 2 N–H and O–H groups in total. The van der Waals surface area contributed by atoms with Gasteiger partial charge in [0.2, 0.25) is 0 Å². The largest absolute Gasteiger partial charge is 0.463 e. The molecule has 3 heterocycles. The summed E-state index contributed by atoms with van der Waals surface area (Å²) < 4.78 is 11.1. The number of carbonyl (C=O) groups is 2. The molecule has 25 heavy (non-hydrogen) atoms. The molecule has 0 bridgehead atoms. The number of rotatable bonds is 0. The third-order valence-electron chi connectivity index (χ3n) is 6.10. The standard InChI is InChI=1S/C18H27NO6/c1-4-12-15(20)10(2)18(3,23)17(22)24-9-11-5-7-19-8-6-13(14(11)19)25-16(12)21/h4,10-11,13-15,20,23H,5-9H2,1-3H3/t10-,11+,13+,14+,15-,18-/m0/s1. The van der Waals surface area contributed by atoms with Crippen molar-refractivity contribution in [3.05, 3.63) is 11.6 Å². The Morgan fingerprint density at radius 1 is 1.28 bits per heavy atom. The Bertz CT molecular complexity index is 586. The van der Waals surface area contributed by atoms with Crippen molar-refractivity contribution < 1.29 is 29.3 Å². The first-order valence-electron chi connectivity index (χ1n) is 8.96. The molecule has 6 atom stereocenters. The van der Waals surface area contributed by atoms with Gasteiger partial charge in [-0.05, 0) is 33.2 Å². The molecular formula is C18H27NO6. The lowest BCUT2D eigenvalue weighted by molar-refractivity contribution is -0.176. The number of aliphatic hydroxyl groups is 2. The number of allylic oxidation sites excluding steroid dienone is 1. The lowest BCUT2D eigenvalue weighted by atomic mass is 9.82. The number of cyclic esters (lactones) is 1. The number of nitrogens with zero attached hydrogens (tertiary/aromatic N) is 1. The fourth-order valence-corrected chi connectivity index (χ4v) is 4.23. The smallest absolute Gasteiger partial charge is 0.338 e. The van der Waals surface area contributed by atoms with Crippen molar-refractivity contribution in [1.82, 2.24) is 4.90 Å². The van der Waals surface area contributed by atoms with Crippen LogP contribution < -0.4 is 0 Å². The first-order valence-corrected chi connectivity index (χ1v) is 8.96. The third kappa shape index (κ3) is 3.09. The van der Waals surface area contributed by atoms with E-state index in [-0.39, 0.29) is 30.2 Å². The lowest BCUT2D eigenvalue weighted by Gasteiger charge is -2.34. The summed E-state index contributed by atoms with van der Waals surface area (Å²) in [6.45, 7) is 6.37. The summed E-state index contributed by atoms with van der Waals surface area (Å²) in [6.07, 6.45) is 1.49. The zero-order chi connectivity index (χ0) is 18.4. The summed E-state index contributed by atoms with van der Waals surface area (Å²) in [5.74, 6) is -2.19. The SMILES string of the molecule is CC=C1C(=O)O[C@@H]2CCN3CC[C@H](COC(=O)[C@@](C)(O)[C@@H](C)[C@@H]1O)[C@H]23. The molecule has 0 aliphatic carbocycles. The van der Waals surface area contributed by atoms with Gasteiger partial charge in [0.15, 0.2) is 5.60 Å². The summed E-state index contributed by atoms with van der Waals surface area (Å²) in [6, 6.07) is 0.0220. The maximum Gasteiger partial charge on any atom is 0.338 e. The van der Waals surface area contributed by atoms with Crippen LogP contribution in [0.1, 0.15) is 33.6 Å². The van der Waals surface area contributed by atoms with Gasteiger partial charge >= 0.3 is 11.9 Å². The van der Waals surface area contributed by atoms with Crippen molar-refractivity contribution in [1.29, 1.82) is 0 Å². The number of hydrogen-bond acceptors (Lipinski definition) is 7. The van der Waals surface area contributed by atoms with Crippen molar-refractivity contribution in [2.24, 2.45) is 11.8 Å². The molecule has 140 valence electrons. The number of hydrogen-bond donors (Lipinski definition) is 2. The van der Waals surface area contributed by atoms with Crippen molar-refractivity contribution >= 4 is 11.9 Å². The predicted molar refractivity (Wildman–Crippen MR) is 88.5 cm³/mol. The quantitative estimate of drug-likeness (QED) is 0.476. The molecule has 3 aliphatic rings. The summed E-state index contributed by atoms with van der Waals surface area (Å²) in [4.78, 5) is 27.3. The van der Waals surface area contributed by atoms with E-state index in [2.05, 4.69) is 4.90 Å². The van der Waals surface area contributed by atoms with Crippen molar-refractivity contribution in [3.8, 4) is 0 Å². The minimum absolute atomic E-state index is 0.0220. The Kier molecular flexibility index (Phi) is 4.92. The Labute approximate surface area is 147 Å². The second-order valence-electron chi connectivity index (χ2n) is 7.53. The highest BCUT2D eigenvalue weighted by atomic mass is 16.6. The van der Waals surface area contributed by atoms with Gasteiger partial charge in [-0.2, -0.15) is 0 Å². The van der Waals surface area contributed by atoms with Crippen LogP contribution in [0.4, 0.5) is 0 Å². The first-order chi connectivity index (χ1) is 11.8. The second kappa shape index (κ2) is 6.70. The van der Waals surface area contributed by atoms with Crippen LogP contribution in [0.5, 0.6) is 0 Å². The van der Waals surface area contributed by atoms with E-state index in [1.54, 1.807) is 6.92 Å². The van der Waals surface area contributed by atoms with Gasteiger partial charge in [0.05, 0.1) is 24.3 Å². The number of carbonyl (C=O) groups excluding carboxylic acids is 2. The van der Waals surface area contributed by atoms with Crippen LogP contribution in [0, 0.1) is 11.8 Å². The maximum atomic E-state index is 12.6. The lowest BCUT2D eigenvalue weighted by Crippen LogP contribution is -2.50. The molecule has 0 aromatic rings. The zero-order valence-electron chi connectivity index (χ0n) is 15.0. The molecule has 0 aromatic carbocycles. The summed E-state index contributed by atoms with van der Waals surface area (Å²) >= 11 is 0. The maximum absolute atomic E-state index is 12.6. The molecule has 3 rings (SSSR count). The van der Waals surface area contributed by atoms with Crippen LogP contribution in [0.3, 0.4) is 0 Å². The fraction of sp³-hybridized carbons (Fsp3) is 0.778. The highest BCUT2D eigenvalue weighted by Gasteiger charge is 2.49. The highest BCUT2D eigenvalue weighted by molar-refractivity contribution is 5.90. The van der Waals surface area contributed by atoms with E-state index in [4.69, 9.17) is 9.47 Å². The van der Waals surface area contributed by atoms with E-state index in [1.165, 1.54) is 19.9 Å². The normalized spacial score (nSPS) is 44.7. The van der Waals surface area contributed by atoms with Gasteiger partial charge in [0.1, 0.15) is 6.10 Å². The summed E-state index contributed by atoms with van der Waals surface area (Å²) in [5, 5.41) is 21.2. The van der Waals surface area contributed by atoms with Crippen LogP contribution in [-0.4, -0.2) is 70.6 Å². The molecule has 7 heteroatoms. The van der Waals surface area contributed by atoms with Gasteiger partial charge in [0, 0.05) is 18.4 Å². The first kappa shape index (κ1) is 18.4. The molecule has 3 fully saturated rings. The average molecular weight is 353 g/mol. The van der Waals surface area contributed by atoms with Gasteiger partial charge in [-0.15, -0.1) is 0 Å². The Morgan fingerprint density at radius 2 is 1.96 bits per heavy atom. The molecule has 0 aromatic heterocycles. The Hall–Kier alpha value is -1.44. The molecule has 3 saturated heterocycles. The molecule has 7 nitrogen and oxygen atoms in total. The average Bonchev–Trinajstić information content (AvgIpc) is 3.14. The molecule has 0 spiro atoms. The molecule has 0 saturated carbocycles. The number of esters is 2. The van der Waals surface area contributed by atoms with Crippen molar-refractivity contribution in [2.45, 2.75) is 57.5 Å². The summed E-state index contributed by atoms with van der Waals surface area (Å²) in [5.41, 5.74) is -1.84. The van der Waals surface area contributed by atoms with E-state index >= 15 is 0 Å². The van der Waals surface area contributed by atoms with Gasteiger partial charge in [0.25, 0.3) is 0 Å². The zero-order valence-corrected chi connectivity index (χ0v) is 15.0. The van der Waals surface area contributed by atoms with Crippen molar-refractivity contribution in [2.75, 3.05) is 19.7 Å². The number of ether oxygens (including phenoxy) is 2. The molecule has 3 aliphatic heterocycles. The number of aliphatic hydroxyl groups excluding tert-OH is 1. The molecule has 0 amide bonds. The monoisotopic (exact) mass is 353 g/mol. The molecule has 0 unspecified atom stereocenters. The topological polar surface area (TPSA) is 96.3 Å². The van der Waals surface area contributed by atoms with E-state index in [0.717, 1.165) is 25.9 Å². The van der Waals surface area contributed by atoms with E-state index in [0.29, 0.717) is 0 Å². The van der Waals surface area contributed by atoms with Crippen LogP contribution in [-0.2, 0) is 19.1 Å². The Morgan fingerprint density at radius 3 is 2.64 bits per heavy atom. The minimum Gasteiger partial charge on any atom is -0.463 e.